The summed E-state index contributed by atoms with van der Waals surface area (Å²) in [4.78, 5) is 0. The number of hydrogen-bond acceptors (Lipinski definition) is 0. The lowest BCUT2D eigenvalue weighted by molar-refractivity contribution is 0.512. The lowest BCUT2D eigenvalue weighted by Gasteiger charge is -2.23. The van der Waals surface area contributed by atoms with Gasteiger partial charge in [-0.15, -0.1) is 9.24 Å². The van der Waals surface area contributed by atoms with E-state index in [9.17, 15) is 8.78 Å². The molecule has 14 heavy (non-hydrogen) atoms. The highest BCUT2D eigenvalue weighted by Crippen LogP contribution is 2.21. The van der Waals surface area contributed by atoms with Gasteiger partial charge in [0.15, 0.2) is 11.6 Å². The van der Waals surface area contributed by atoms with Gasteiger partial charge in [-0.2, -0.15) is 0 Å². The number of halogens is 2. The zero-order chi connectivity index (χ0) is 11.1. The van der Waals surface area contributed by atoms with Crippen LogP contribution in [0, 0.1) is 11.6 Å². The first kappa shape index (κ1) is 11.6. The molecule has 0 aliphatic heterocycles. The summed E-state index contributed by atoms with van der Waals surface area (Å²) in [5, 5.41) is 0.290. The van der Waals surface area contributed by atoms with Gasteiger partial charge in [0, 0.05) is 5.30 Å². The summed E-state index contributed by atoms with van der Waals surface area (Å²) in [7, 11) is 3.83. The third kappa shape index (κ3) is 1.98. The Morgan fingerprint density at radius 3 is 2.14 bits per heavy atom. The Labute approximate surface area is 86.7 Å². The van der Waals surface area contributed by atoms with E-state index >= 15 is 0 Å². The Balaban J connectivity index is 3.49. The minimum absolute atomic E-state index is 0.163. The van der Waals surface area contributed by atoms with E-state index < -0.39 is 11.6 Å². The average molecular weight is 214 g/mol. The molecule has 1 atom stereocenters. The summed E-state index contributed by atoms with van der Waals surface area (Å²) in [5.41, 5.74) is 1.09. The van der Waals surface area contributed by atoms with E-state index in [4.69, 9.17) is 0 Å². The first-order valence-corrected chi connectivity index (χ1v) is 5.07. The van der Waals surface area contributed by atoms with E-state index in [0.29, 0.717) is 5.46 Å². The Hall–Kier alpha value is -0.425. The fraction of sp³-hybridized carbons (Fsp3) is 0.400. The molecule has 1 rings (SSSR count). The molecule has 0 spiro atoms. The summed E-state index contributed by atoms with van der Waals surface area (Å²) in [6, 6.07) is 1.69. The molecule has 1 aromatic carbocycles. The summed E-state index contributed by atoms with van der Waals surface area (Å²) in [6.45, 7) is 5.95. The van der Waals surface area contributed by atoms with Crippen molar-refractivity contribution in [3.8, 4) is 0 Å². The van der Waals surface area contributed by atoms with Gasteiger partial charge in [0.2, 0.25) is 0 Å². The summed E-state index contributed by atoms with van der Waals surface area (Å²) < 4.78 is 26.6. The maximum Gasteiger partial charge on any atom is 0.165 e. The molecule has 1 aromatic rings. The van der Waals surface area contributed by atoms with Gasteiger partial charge in [0.1, 0.15) is 7.85 Å². The Kier molecular flexibility index (Phi) is 3.01. The molecule has 0 N–H and O–H groups in total. The van der Waals surface area contributed by atoms with Crippen molar-refractivity contribution in [3.63, 3.8) is 0 Å². The molecule has 76 valence electrons. The number of benzene rings is 1. The predicted molar refractivity (Wildman–Crippen MR) is 62.6 cm³/mol. The lowest BCUT2D eigenvalue weighted by atomic mass is 9.77. The molecule has 4 heteroatoms. The van der Waals surface area contributed by atoms with Crippen molar-refractivity contribution >= 4 is 27.9 Å². The minimum Gasteiger partial charge on any atom is -0.204 e. The van der Waals surface area contributed by atoms with Crippen molar-refractivity contribution in [2.45, 2.75) is 26.2 Å². The van der Waals surface area contributed by atoms with Crippen LogP contribution in [0.4, 0.5) is 8.78 Å². The third-order valence-electron chi connectivity index (χ3n) is 2.29. The fourth-order valence-corrected chi connectivity index (χ4v) is 1.81. The molecule has 0 heterocycles. The maximum atomic E-state index is 13.4. The Morgan fingerprint density at radius 1 is 1.21 bits per heavy atom. The van der Waals surface area contributed by atoms with Crippen molar-refractivity contribution in [1.82, 2.24) is 0 Å². The van der Waals surface area contributed by atoms with Crippen LogP contribution >= 0.6 is 9.24 Å². The van der Waals surface area contributed by atoms with Gasteiger partial charge < -0.3 is 0 Å². The molecule has 0 saturated heterocycles. The third-order valence-corrected chi connectivity index (χ3v) is 2.71. The van der Waals surface area contributed by atoms with E-state index in [0.717, 1.165) is 5.56 Å². The number of rotatable bonds is 0. The van der Waals surface area contributed by atoms with Crippen LogP contribution in [0.1, 0.15) is 26.3 Å². The summed E-state index contributed by atoms with van der Waals surface area (Å²) >= 11 is 0. The molecule has 0 aliphatic carbocycles. The van der Waals surface area contributed by atoms with Crippen LogP contribution in [-0.4, -0.2) is 7.85 Å². The second kappa shape index (κ2) is 3.62. The second-order valence-corrected chi connectivity index (χ2v) is 5.14. The smallest absolute Gasteiger partial charge is 0.165 e. The first-order chi connectivity index (χ1) is 6.25. The molecule has 0 aliphatic rings. The molecule has 0 radical (unpaired) electrons. The van der Waals surface area contributed by atoms with Crippen LogP contribution in [0.25, 0.3) is 0 Å². The molecule has 0 aromatic heterocycles. The molecule has 1 unspecified atom stereocenters. The van der Waals surface area contributed by atoms with Crippen LogP contribution in [0.15, 0.2) is 6.07 Å². The average Bonchev–Trinajstić information content (AvgIpc) is 2.06. The van der Waals surface area contributed by atoms with Crippen molar-refractivity contribution in [1.29, 1.82) is 0 Å². The molecule has 0 amide bonds. The lowest BCUT2D eigenvalue weighted by Crippen LogP contribution is -2.29. The fourth-order valence-electron chi connectivity index (χ4n) is 1.52. The molecule has 0 nitrogen and oxygen atoms in total. The minimum atomic E-state index is -0.763. The van der Waals surface area contributed by atoms with Crippen LogP contribution in [0.3, 0.4) is 0 Å². The highest BCUT2D eigenvalue weighted by molar-refractivity contribution is 7.27. The van der Waals surface area contributed by atoms with E-state index in [-0.39, 0.29) is 10.7 Å². The topological polar surface area (TPSA) is 0 Å². The van der Waals surface area contributed by atoms with Gasteiger partial charge in [-0.3, -0.25) is 0 Å². The van der Waals surface area contributed by atoms with Gasteiger partial charge in [-0.05, 0) is 22.5 Å². The van der Waals surface area contributed by atoms with Crippen LogP contribution < -0.4 is 10.8 Å². The highest BCUT2D eigenvalue weighted by Gasteiger charge is 2.21. The summed E-state index contributed by atoms with van der Waals surface area (Å²) in [5.74, 6) is -1.50. The molecular formula is C10H14BF2P. The van der Waals surface area contributed by atoms with Crippen molar-refractivity contribution in [2.75, 3.05) is 0 Å². The Morgan fingerprint density at radius 2 is 1.71 bits per heavy atom. The van der Waals surface area contributed by atoms with E-state index in [1.165, 1.54) is 0 Å². The Bertz CT molecular complexity index is 369. The van der Waals surface area contributed by atoms with Crippen LogP contribution in [0.5, 0.6) is 0 Å². The van der Waals surface area contributed by atoms with Gasteiger partial charge in [0.05, 0.1) is 0 Å². The van der Waals surface area contributed by atoms with E-state index in [2.05, 4.69) is 9.24 Å². The van der Waals surface area contributed by atoms with Crippen molar-refractivity contribution < 1.29 is 8.78 Å². The number of hydrogen-bond donors (Lipinski definition) is 0. The van der Waals surface area contributed by atoms with Gasteiger partial charge in [0.25, 0.3) is 0 Å². The van der Waals surface area contributed by atoms with Gasteiger partial charge in [-0.25, -0.2) is 8.78 Å². The molecular weight excluding hydrogens is 200 g/mol. The van der Waals surface area contributed by atoms with Crippen LogP contribution in [-0.2, 0) is 5.41 Å². The first-order valence-electron chi connectivity index (χ1n) is 4.49. The second-order valence-electron chi connectivity index (χ2n) is 4.52. The monoisotopic (exact) mass is 214 g/mol. The quantitative estimate of drug-likeness (QED) is 0.446. The predicted octanol–water partition coefficient (Wildman–Crippen LogP) is 1.02. The SMILES string of the molecule is Bc1c(C(C)(C)C)cc(P)c(F)c1F. The molecule has 0 fully saturated rings. The van der Waals surface area contributed by atoms with E-state index in [1.807, 2.05) is 20.8 Å². The molecule has 0 bridgehead atoms. The van der Waals surface area contributed by atoms with Crippen LogP contribution in [0.2, 0.25) is 0 Å². The maximum absolute atomic E-state index is 13.4. The van der Waals surface area contributed by atoms with E-state index in [1.54, 1.807) is 13.9 Å². The standard InChI is InChI=1S/C10H14BF2P/c1-10(2,3)5-4-6(14)8(12)9(13)7(5)11/h4H,11,14H2,1-3H3. The van der Waals surface area contributed by atoms with Crippen molar-refractivity contribution in [3.05, 3.63) is 23.3 Å². The zero-order valence-electron chi connectivity index (χ0n) is 8.91. The largest absolute Gasteiger partial charge is 0.204 e. The van der Waals surface area contributed by atoms with Crippen molar-refractivity contribution in [2.24, 2.45) is 0 Å². The summed E-state index contributed by atoms with van der Waals surface area (Å²) in [6.07, 6.45) is 0. The zero-order valence-corrected chi connectivity index (χ0v) is 10.1. The normalized spacial score (nSPS) is 11.9. The molecule has 0 saturated carbocycles. The highest BCUT2D eigenvalue weighted by atomic mass is 31.0. The van der Waals surface area contributed by atoms with Gasteiger partial charge >= 0.3 is 0 Å². The van der Waals surface area contributed by atoms with Gasteiger partial charge in [-0.1, -0.05) is 20.8 Å².